The third-order valence-electron chi connectivity index (χ3n) is 3.54. The molecule has 2 aromatic rings. The number of anilines is 1. The molecule has 20 heavy (non-hydrogen) atoms. The summed E-state index contributed by atoms with van der Waals surface area (Å²) < 4.78 is 1.72. The van der Waals surface area contributed by atoms with Crippen LogP contribution in [0.4, 0.5) is 5.69 Å². The highest BCUT2D eigenvalue weighted by Gasteiger charge is 2.26. The summed E-state index contributed by atoms with van der Waals surface area (Å²) in [5, 5.41) is 10.5. The number of hydrogen-bond acceptors (Lipinski definition) is 4. The standard InChI is InChI=1S/C13H18N6O/c1-3-8-12(6-19(2)18-8)17-13(20)10-4-9-11(5-14-10)16-7-15-9/h6-7,10,14H,3-5H2,1-2H3,(H,15,16)(H,17,20). The van der Waals surface area contributed by atoms with Crippen molar-refractivity contribution in [3.8, 4) is 0 Å². The lowest BCUT2D eigenvalue weighted by Gasteiger charge is -2.22. The first-order valence-corrected chi connectivity index (χ1v) is 6.75. The molecule has 0 aliphatic carbocycles. The first kappa shape index (κ1) is 12.9. The summed E-state index contributed by atoms with van der Waals surface area (Å²) in [6.07, 6.45) is 4.90. The van der Waals surface area contributed by atoms with E-state index in [1.807, 2.05) is 20.2 Å². The number of aromatic amines is 1. The van der Waals surface area contributed by atoms with Gasteiger partial charge in [-0.3, -0.25) is 14.8 Å². The molecule has 7 nitrogen and oxygen atoms in total. The minimum absolute atomic E-state index is 0.0404. The van der Waals surface area contributed by atoms with Gasteiger partial charge in [0.25, 0.3) is 0 Å². The van der Waals surface area contributed by atoms with E-state index in [0.29, 0.717) is 13.0 Å². The van der Waals surface area contributed by atoms with E-state index in [1.165, 1.54) is 0 Å². The number of amides is 1. The minimum atomic E-state index is -0.254. The highest BCUT2D eigenvalue weighted by Crippen LogP contribution is 2.17. The van der Waals surface area contributed by atoms with Gasteiger partial charge < -0.3 is 10.3 Å². The highest BCUT2D eigenvalue weighted by atomic mass is 16.2. The molecule has 0 aromatic carbocycles. The summed E-state index contributed by atoms with van der Waals surface area (Å²) in [5.41, 5.74) is 3.71. The molecule has 3 N–H and O–H groups in total. The molecular formula is C13H18N6O. The Bertz CT molecular complexity index is 629. The summed E-state index contributed by atoms with van der Waals surface area (Å²) in [5.74, 6) is -0.0404. The third-order valence-corrected chi connectivity index (χ3v) is 3.54. The number of aromatic nitrogens is 4. The van der Waals surface area contributed by atoms with Gasteiger partial charge in [0.2, 0.25) is 5.91 Å². The van der Waals surface area contributed by atoms with Crippen LogP contribution in [0, 0.1) is 0 Å². The molecule has 0 bridgehead atoms. The van der Waals surface area contributed by atoms with Crippen LogP contribution in [-0.2, 0) is 31.2 Å². The minimum Gasteiger partial charge on any atom is -0.347 e. The molecule has 1 aliphatic rings. The Balaban J connectivity index is 1.71. The Kier molecular flexibility index (Phi) is 3.27. The van der Waals surface area contributed by atoms with Crippen molar-refractivity contribution in [1.29, 1.82) is 0 Å². The van der Waals surface area contributed by atoms with E-state index in [0.717, 1.165) is 29.2 Å². The zero-order chi connectivity index (χ0) is 14.1. The fraction of sp³-hybridized carbons (Fsp3) is 0.462. The maximum atomic E-state index is 12.3. The first-order valence-electron chi connectivity index (χ1n) is 6.75. The Hall–Kier alpha value is -2.15. The van der Waals surface area contributed by atoms with E-state index in [4.69, 9.17) is 0 Å². The molecule has 1 amide bonds. The van der Waals surface area contributed by atoms with Crippen LogP contribution in [0.2, 0.25) is 0 Å². The van der Waals surface area contributed by atoms with Gasteiger partial charge in [-0.15, -0.1) is 0 Å². The highest BCUT2D eigenvalue weighted by molar-refractivity contribution is 5.95. The van der Waals surface area contributed by atoms with Crippen LogP contribution in [0.1, 0.15) is 24.0 Å². The molecule has 2 aromatic heterocycles. The number of nitrogens with one attached hydrogen (secondary N) is 3. The normalized spacial score (nSPS) is 17.8. The maximum absolute atomic E-state index is 12.3. The number of carbonyl (C=O) groups excluding carboxylic acids is 1. The number of hydrogen-bond donors (Lipinski definition) is 3. The Morgan fingerprint density at radius 2 is 2.45 bits per heavy atom. The van der Waals surface area contributed by atoms with Crippen LogP contribution < -0.4 is 10.6 Å². The summed E-state index contributed by atoms with van der Waals surface area (Å²) in [6, 6.07) is -0.254. The molecule has 1 unspecified atom stereocenters. The fourth-order valence-electron chi connectivity index (χ4n) is 2.47. The van der Waals surface area contributed by atoms with E-state index in [9.17, 15) is 4.79 Å². The summed E-state index contributed by atoms with van der Waals surface area (Å²) in [4.78, 5) is 19.6. The van der Waals surface area contributed by atoms with E-state index in [2.05, 4.69) is 25.7 Å². The Labute approximate surface area is 116 Å². The Morgan fingerprint density at radius 3 is 3.25 bits per heavy atom. The van der Waals surface area contributed by atoms with Crippen molar-refractivity contribution in [2.75, 3.05) is 5.32 Å². The second kappa shape index (κ2) is 5.09. The van der Waals surface area contributed by atoms with Crippen molar-refractivity contribution in [3.63, 3.8) is 0 Å². The lowest BCUT2D eigenvalue weighted by atomic mass is 10.0. The predicted octanol–water partition coefficient (Wildman–Crippen LogP) is 0.359. The van der Waals surface area contributed by atoms with E-state index in [-0.39, 0.29) is 11.9 Å². The summed E-state index contributed by atoms with van der Waals surface area (Å²) >= 11 is 0. The number of rotatable bonds is 3. The number of nitrogens with zero attached hydrogens (tertiary/aromatic N) is 3. The smallest absolute Gasteiger partial charge is 0.242 e. The van der Waals surface area contributed by atoms with Crippen LogP contribution in [-0.4, -0.2) is 31.7 Å². The average molecular weight is 274 g/mol. The monoisotopic (exact) mass is 274 g/mol. The van der Waals surface area contributed by atoms with Gasteiger partial charge in [0, 0.05) is 26.2 Å². The quantitative estimate of drug-likeness (QED) is 0.754. The first-order chi connectivity index (χ1) is 9.67. The van der Waals surface area contributed by atoms with Crippen molar-refractivity contribution in [2.45, 2.75) is 32.4 Å². The summed E-state index contributed by atoms with van der Waals surface area (Å²) in [6.45, 7) is 2.66. The molecule has 0 radical (unpaired) electrons. The van der Waals surface area contributed by atoms with Gasteiger partial charge >= 0.3 is 0 Å². The molecule has 0 saturated heterocycles. The topological polar surface area (TPSA) is 87.6 Å². The van der Waals surface area contributed by atoms with Crippen LogP contribution in [0.3, 0.4) is 0 Å². The van der Waals surface area contributed by atoms with E-state index in [1.54, 1.807) is 11.0 Å². The van der Waals surface area contributed by atoms with Gasteiger partial charge in [-0.05, 0) is 6.42 Å². The van der Waals surface area contributed by atoms with Crippen LogP contribution >= 0.6 is 0 Å². The molecular weight excluding hydrogens is 256 g/mol. The zero-order valence-corrected chi connectivity index (χ0v) is 11.6. The zero-order valence-electron chi connectivity index (χ0n) is 11.6. The number of H-pyrrole nitrogens is 1. The van der Waals surface area contributed by atoms with Crippen molar-refractivity contribution in [3.05, 3.63) is 29.6 Å². The van der Waals surface area contributed by atoms with Crippen molar-refractivity contribution >= 4 is 11.6 Å². The molecule has 106 valence electrons. The maximum Gasteiger partial charge on any atom is 0.242 e. The van der Waals surface area contributed by atoms with Gasteiger partial charge in [0.1, 0.15) is 0 Å². The largest absolute Gasteiger partial charge is 0.347 e. The lowest BCUT2D eigenvalue weighted by molar-refractivity contribution is -0.118. The molecule has 3 rings (SSSR count). The SMILES string of the molecule is CCc1nn(C)cc1NC(=O)C1Cc2nc[nH]c2CN1. The van der Waals surface area contributed by atoms with E-state index >= 15 is 0 Å². The predicted molar refractivity (Wildman–Crippen MR) is 74.1 cm³/mol. The summed E-state index contributed by atoms with van der Waals surface area (Å²) in [7, 11) is 1.85. The van der Waals surface area contributed by atoms with Crippen molar-refractivity contribution in [2.24, 2.45) is 7.05 Å². The van der Waals surface area contributed by atoms with Gasteiger partial charge in [0.05, 0.1) is 35.1 Å². The molecule has 1 aliphatic heterocycles. The van der Waals surface area contributed by atoms with Crippen LogP contribution in [0.5, 0.6) is 0 Å². The molecule has 7 heteroatoms. The van der Waals surface area contributed by atoms with Gasteiger partial charge in [-0.25, -0.2) is 4.98 Å². The molecule has 0 spiro atoms. The average Bonchev–Trinajstić information content (AvgIpc) is 3.03. The second-order valence-electron chi connectivity index (χ2n) is 4.97. The van der Waals surface area contributed by atoms with Crippen molar-refractivity contribution < 1.29 is 4.79 Å². The number of aryl methyl sites for hydroxylation is 2. The second-order valence-corrected chi connectivity index (χ2v) is 4.97. The van der Waals surface area contributed by atoms with E-state index < -0.39 is 0 Å². The van der Waals surface area contributed by atoms with Crippen LogP contribution in [0.25, 0.3) is 0 Å². The molecule has 0 saturated carbocycles. The number of carbonyl (C=O) groups is 1. The van der Waals surface area contributed by atoms with Gasteiger partial charge in [-0.2, -0.15) is 5.10 Å². The molecule has 0 fully saturated rings. The number of fused-ring (bicyclic) bond motifs is 1. The molecule has 3 heterocycles. The third kappa shape index (κ3) is 2.32. The van der Waals surface area contributed by atoms with Crippen molar-refractivity contribution in [1.82, 2.24) is 25.1 Å². The fourth-order valence-corrected chi connectivity index (χ4v) is 2.47. The lowest BCUT2D eigenvalue weighted by Crippen LogP contribution is -2.44. The van der Waals surface area contributed by atoms with Crippen LogP contribution in [0.15, 0.2) is 12.5 Å². The Morgan fingerprint density at radius 1 is 1.60 bits per heavy atom. The van der Waals surface area contributed by atoms with Gasteiger partial charge in [0.15, 0.2) is 0 Å². The number of imidazole rings is 1. The van der Waals surface area contributed by atoms with Gasteiger partial charge in [-0.1, -0.05) is 6.92 Å². The molecule has 1 atom stereocenters.